The van der Waals surface area contributed by atoms with Gasteiger partial charge < -0.3 is 9.47 Å². The first-order valence-electron chi connectivity index (χ1n) is 11.0. The number of pyridine rings is 1. The second-order valence-corrected chi connectivity index (χ2v) is 8.38. The standard InChI is InChI=1S/C20H25NO2.C5H10/c1-3-10-20(11-4-2)12-9-16-14-17(7-8-19(16)23-20)22-18-6-5-13-21-15-18;1-5-3-2-4-5/h5-8,13-15H,3-4,9-12H2,1-2H3;5H,2-4H2,1H3. The van der Waals surface area contributed by atoms with Crippen molar-refractivity contribution in [2.45, 2.75) is 84.2 Å². The molecule has 1 aliphatic heterocycles. The van der Waals surface area contributed by atoms with Crippen molar-refractivity contribution in [2.24, 2.45) is 5.92 Å². The molecule has 2 heterocycles. The van der Waals surface area contributed by atoms with E-state index < -0.39 is 0 Å². The molecule has 0 N–H and O–H groups in total. The van der Waals surface area contributed by atoms with Crippen molar-refractivity contribution in [1.29, 1.82) is 0 Å². The molecule has 0 bridgehead atoms. The maximum Gasteiger partial charge on any atom is 0.145 e. The van der Waals surface area contributed by atoms with E-state index in [-0.39, 0.29) is 5.60 Å². The SMILES string of the molecule is CC1CCC1.CCCC1(CCC)CCc2cc(Oc3cccnc3)ccc2O1. The molecular weight excluding hydrogens is 346 g/mol. The number of aryl methyl sites for hydroxylation is 1. The van der Waals surface area contributed by atoms with Gasteiger partial charge in [0.05, 0.1) is 6.20 Å². The highest BCUT2D eigenvalue weighted by Gasteiger charge is 2.34. The molecule has 1 aromatic carbocycles. The monoisotopic (exact) mass is 381 g/mol. The van der Waals surface area contributed by atoms with Crippen LogP contribution in [0.4, 0.5) is 0 Å². The maximum absolute atomic E-state index is 6.44. The summed E-state index contributed by atoms with van der Waals surface area (Å²) in [6.07, 6.45) is 14.7. The zero-order valence-electron chi connectivity index (χ0n) is 17.7. The highest BCUT2D eigenvalue weighted by Crippen LogP contribution is 2.40. The smallest absolute Gasteiger partial charge is 0.145 e. The first kappa shape index (κ1) is 20.7. The summed E-state index contributed by atoms with van der Waals surface area (Å²) in [6, 6.07) is 9.93. The molecule has 0 atom stereocenters. The van der Waals surface area contributed by atoms with Gasteiger partial charge in [-0.25, -0.2) is 0 Å². The molecule has 0 saturated heterocycles. The molecule has 2 aromatic rings. The van der Waals surface area contributed by atoms with E-state index in [0.29, 0.717) is 0 Å². The van der Waals surface area contributed by atoms with Crippen molar-refractivity contribution in [3.8, 4) is 17.2 Å². The molecule has 1 fully saturated rings. The van der Waals surface area contributed by atoms with Gasteiger partial charge in [-0.2, -0.15) is 0 Å². The van der Waals surface area contributed by atoms with Crippen LogP contribution in [0.1, 0.15) is 77.7 Å². The van der Waals surface area contributed by atoms with Crippen LogP contribution >= 0.6 is 0 Å². The lowest BCUT2D eigenvalue weighted by Gasteiger charge is -2.39. The van der Waals surface area contributed by atoms with Crippen LogP contribution in [-0.2, 0) is 6.42 Å². The predicted molar refractivity (Wildman–Crippen MR) is 115 cm³/mol. The Balaban J connectivity index is 0.000000391. The minimum Gasteiger partial charge on any atom is -0.487 e. The summed E-state index contributed by atoms with van der Waals surface area (Å²) >= 11 is 0. The number of hydrogen-bond donors (Lipinski definition) is 0. The van der Waals surface area contributed by atoms with E-state index in [1.165, 1.54) is 24.8 Å². The van der Waals surface area contributed by atoms with Crippen molar-refractivity contribution < 1.29 is 9.47 Å². The quantitative estimate of drug-likeness (QED) is 0.524. The van der Waals surface area contributed by atoms with Gasteiger partial charge in [0.1, 0.15) is 22.8 Å². The summed E-state index contributed by atoms with van der Waals surface area (Å²) in [5.41, 5.74) is 1.27. The molecule has 152 valence electrons. The fraction of sp³-hybridized carbons (Fsp3) is 0.560. The summed E-state index contributed by atoms with van der Waals surface area (Å²) < 4.78 is 12.3. The number of hydrogen-bond acceptors (Lipinski definition) is 3. The van der Waals surface area contributed by atoms with Crippen LogP contribution in [0.5, 0.6) is 17.2 Å². The van der Waals surface area contributed by atoms with E-state index in [1.807, 2.05) is 18.2 Å². The Hall–Kier alpha value is -2.03. The molecule has 0 radical (unpaired) electrons. The van der Waals surface area contributed by atoms with Crippen LogP contribution < -0.4 is 9.47 Å². The van der Waals surface area contributed by atoms with E-state index in [2.05, 4.69) is 37.9 Å². The van der Waals surface area contributed by atoms with Gasteiger partial charge >= 0.3 is 0 Å². The Labute approximate surface area is 170 Å². The minimum absolute atomic E-state index is 0.0300. The summed E-state index contributed by atoms with van der Waals surface area (Å²) in [7, 11) is 0. The molecule has 0 spiro atoms. The highest BCUT2D eigenvalue weighted by atomic mass is 16.5. The molecule has 0 unspecified atom stereocenters. The van der Waals surface area contributed by atoms with Crippen LogP contribution in [0.3, 0.4) is 0 Å². The van der Waals surface area contributed by atoms with Crippen molar-refractivity contribution >= 4 is 0 Å². The van der Waals surface area contributed by atoms with E-state index >= 15 is 0 Å². The fourth-order valence-corrected chi connectivity index (χ4v) is 4.11. The Morgan fingerprint density at radius 1 is 1.11 bits per heavy atom. The number of rotatable bonds is 6. The predicted octanol–water partition coefficient (Wildman–Crippen LogP) is 7.34. The number of nitrogens with zero attached hydrogens (tertiary/aromatic N) is 1. The second-order valence-electron chi connectivity index (χ2n) is 8.38. The van der Waals surface area contributed by atoms with Crippen molar-refractivity contribution in [1.82, 2.24) is 4.98 Å². The molecule has 4 rings (SSSR count). The summed E-state index contributed by atoms with van der Waals surface area (Å²) in [5, 5.41) is 0. The van der Waals surface area contributed by atoms with E-state index in [1.54, 1.807) is 12.4 Å². The highest BCUT2D eigenvalue weighted by molar-refractivity contribution is 5.43. The molecule has 1 saturated carbocycles. The molecule has 3 heteroatoms. The Bertz CT molecular complexity index is 719. The van der Waals surface area contributed by atoms with Crippen LogP contribution in [0, 0.1) is 5.92 Å². The topological polar surface area (TPSA) is 31.4 Å². The average Bonchev–Trinajstić information content (AvgIpc) is 2.68. The van der Waals surface area contributed by atoms with Crippen LogP contribution in [0.15, 0.2) is 42.7 Å². The summed E-state index contributed by atoms with van der Waals surface area (Å²) in [4.78, 5) is 4.08. The maximum atomic E-state index is 6.44. The van der Waals surface area contributed by atoms with Gasteiger partial charge in [0.15, 0.2) is 0 Å². The zero-order chi connectivity index (χ0) is 19.8. The Kier molecular flexibility index (Phi) is 7.36. The van der Waals surface area contributed by atoms with Crippen molar-refractivity contribution in [3.05, 3.63) is 48.3 Å². The lowest BCUT2D eigenvalue weighted by molar-refractivity contribution is 0.0275. The van der Waals surface area contributed by atoms with Gasteiger partial charge in [-0.15, -0.1) is 0 Å². The van der Waals surface area contributed by atoms with Gasteiger partial charge in [0.2, 0.25) is 0 Å². The largest absolute Gasteiger partial charge is 0.487 e. The van der Waals surface area contributed by atoms with E-state index in [4.69, 9.17) is 9.47 Å². The summed E-state index contributed by atoms with van der Waals surface area (Å²) in [5.74, 6) is 3.70. The van der Waals surface area contributed by atoms with Gasteiger partial charge in [0.25, 0.3) is 0 Å². The van der Waals surface area contributed by atoms with Gasteiger partial charge in [0, 0.05) is 6.20 Å². The lowest BCUT2D eigenvalue weighted by atomic mass is 9.84. The van der Waals surface area contributed by atoms with Gasteiger partial charge in [-0.1, -0.05) is 52.9 Å². The van der Waals surface area contributed by atoms with Gasteiger partial charge in [-0.3, -0.25) is 4.98 Å². The van der Waals surface area contributed by atoms with Crippen LogP contribution in [0.2, 0.25) is 0 Å². The molecule has 1 aromatic heterocycles. The first-order chi connectivity index (χ1) is 13.6. The minimum atomic E-state index is 0.0300. The number of fused-ring (bicyclic) bond motifs is 1. The molecule has 0 amide bonds. The Morgan fingerprint density at radius 2 is 1.86 bits per heavy atom. The molecule has 1 aliphatic carbocycles. The molecule has 3 nitrogen and oxygen atoms in total. The number of ether oxygens (including phenoxy) is 2. The first-order valence-corrected chi connectivity index (χ1v) is 11.0. The van der Waals surface area contributed by atoms with E-state index in [0.717, 1.165) is 61.7 Å². The molecular formula is C25H35NO2. The van der Waals surface area contributed by atoms with E-state index in [9.17, 15) is 0 Å². The number of aromatic nitrogens is 1. The van der Waals surface area contributed by atoms with Crippen molar-refractivity contribution in [2.75, 3.05) is 0 Å². The number of benzene rings is 1. The fourth-order valence-electron chi connectivity index (χ4n) is 4.11. The van der Waals surface area contributed by atoms with Crippen molar-refractivity contribution in [3.63, 3.8) is 0 Å². The van der Waals surface area contributed by atoms with Crippen LogP contribution in [0.25, 0.3) is 0 Å². The molecule has 28 heavy (non-hydrogen) atoms. The average molecular weight is 382 g/mol. The third kappa shape index (κ3) is 5.50. The Morgan fingerprint density at radius 3 is 2.43 bits per heavy atom. The normalized spacial score (nSPS) is 17.4. The van der Waals surface area contributed by atoms with Crippen LogP contribution in [-0.4, -0.2) is 10.6 Å². The third-order valence-electron chi connectivity index (χ3n) is 5.88. The molecule has 2 aliphatic rings. The summed E-state index contributed by atoms with van der Waals surface area (Å²) in [6.45, 7) is 6.78. The van der Waals surface area contributed by atoms with Gasteiger partial charge in [-0.05, 0) is 67.5 Å². The second kappa shape index (κ2) is 9.95. The lowest BCUT2D eigenvalue weighted by Crippen LogP contribution is -2.39. The zero-order valence-corrected chi connectivity index (χ0v) is 17.7. The third-order valence-corrected chi connectivity index (χ3v) is 5.88.